The summed E-state index contributed by atoms with van der Waals surface area (Å²) >= 11 is 1.36. The van der Waals surface area contributed by atoms with Crippen LogP contribution >= 0.6 is 11.3 Å². The van der Waals surface area contributed by atoms with E-state index in [2.05, 4.69) is 29.5 Å². The van der Waals surface area contributed by atoms with Crippen LogP contribution in [0, 0.1) is 12.8 Å². The first-order valence-corrected chi connectivity index (χ1v) is 13.1. The minimum Gasteiger partial charge on any atom is -0.351 e. The summed E-state index contributed by atoms with van der Waals surface area (Å²) in [7, 11) is 0. The van der Waals surface area contributed by atoms with E-state index >= 15 is 0 Å². The maximum Gasteiger partial charge on any atom is 0.247 e. The second-order valence-electron chi connectivity index (χ2n) is 9.42. The van der Waals surface area contributed by atoms with E-state index in [1.807, 2.05) is 42.6 Å². The number of nitrogens with one attached hydrogen (secondary N) is 2. The smallest absolute Gasteiger partial charge is 0.247 e. The predicted molar refractivity (Wildman–Crippen MR) is 135 cm³/mol. The number of thiazole rings is 1. The number of aryl methyl sites for hydroxylation is 1. The van der Waals surface area contributed by atoms with Crippen molar-refractivity contribution in [2.45, 2.75) is 77.8 Å². The highest BCUT2D eigenvalue weighted by molar-refractivity contribution is 7.13. The predicted octanol–water partition coefficient (Wildman–Crippen LogP) is 4.85. The highest BCUT2D eigenvalue weighted by atomic mass is 32.1. The standard InChI is InChI=1S/C26H36N4O3S/c1-18(2)15-16-30(23(32)14-13-22(31)29-26-27-19(3)17-34-26)24(20-9-5-4-6-10-20)25(33)28-21-11-7-8-12-21/h4-6,9-10,17-18,21,24H,7-8,11-16H2,1-3H3,(H,28,33)(H,27,29,31)/t24-/m1/s1. The minimum atomic E-state index is -0.710. The summed E-state index contributed by atoms with van der Waals surface area (Å²) in [6.45, 7) is 6.52. The Hall–Kier alpha value is -2.74. The number of carbonyl (C=O) groups is 3. The molecule has 0 bridgehead atoms. The third-order valence-corrected chi connectivity index (χ3v) is 6.95. The molecule has 1 saturated carbocycles. The largest absolute Gasteiger partial charge is 0.351 e. The van der Waals surface area contributed by atoms with Crippen LogP contribution in [0.2, 0.25) is 0 Å². The van der Waals surface area contributed by atoms with E-state index in [1.165, 1.54) is 11.3 Å². The molecule has 0 saturated heterocycles. The Morgan fingerprint density at radius 2 is 1.82 bits per heavy atom. The van der Waals surface area contributed by atoms with E-state index in [9.17, 15) is 14.4 Å². The molecule has 1 heterocycles. The number of rotatable bonds is 11. The molecule has 1 aliphatic rings. The Morgan fingerprint density at radius 1 is 1.12 bits per heavy atom. The van der Waals surface area contributed by atoms with Crippen molar-refractivity contribution in [2.24, 2.45) is 5.92 Å². The lowest BCUT2D eigenvalue weighted by Gasteiger charge is -2.33. The average Bonchev–Trinajstić information content (AvgIpc) is 3.46. The fourth-order valence-electron chi connectivity index (χ4n) is 4.21. The van der Waals surface area contributed by atoms with Crippen LogP contribution in [0.5, 0.6) is 0 Å². The second kappa shape index (κ2) is 12.6. The zero-order valence-electron chi connectivity index (χ0n) is 20.4. The van der Waals surface area contributed by atoms with Crippen molar-refractivity contribution in [3.63, 3.8) is 0 Å². The Morgan fingerprint density at radius 3 is 2.44 bits per heavy atom. The van der Waals surface area contributed by atoms with Gasteiger partial charge in [-0.2, -0.15) is 0 Å². The molecule has 0 spiro atoms. The summed E-state index contributed by atoms with van der Waals surface area (Å²) in [4.78, 5) is 45.2. The van der Waals surface area contributed by atoms with Crippen molar-refractivity contribution >= 4 is 34.2 Å². The lowest BCUT2D eigenvalue weighted by atomic mass is 10.0. The van der Waals surface area contributed by atoms with E-state index < -0.39 is 6.04 Å². The van der Waals surface area contributed by atoms with Gasteiger partial charge in [-0.25, -0.2) is 4.98 Å². The van der Waals surface area contributed by atoms with Crippen LogP contribution in [0.3, 0.4) is 0 Å². The number of amides is 3. The van der Waals surface area contributed by atoms with Gasteiger partial charge in [0.25, 0.3) is 0 Å². The van der Waals surface area contributed by atoms with Gasteiger partial charge in [-0.15, -0.1) is 11.3 Å². The molecular weight excluding hydrogens is 448 g/mol. The maximum atomic E-state index is 13.5. The number of benzene rings is 1. The molecule has 7 nitrogen and oxygen atoms in total. The molecule has 1 aliphatic carbocycles. The topological polar surface area (TPSA) is 91.4 Å². The summed E-state index contributed by atoms with van der Waals surface area (Å²) in [5.74, 6) is -0.210. The van der Waals surface area contributed by atoms with Crippen molar-refractivity contribution in [1.29, 1.82) is 0 Å². The van der Waals surface area contributed by atoms with Crippen LogP contribution in [-0.2, 0) is 14.4 Å². The number of hydrogen-bond acceptors (Lipinski definition) is 5. The third kappa shape index (κ3) is 7.65. The molecule has 2 aromatic rings. The summed E-state index contributed by atoms with van der Waals surface area (Å²) in [5, 5.41) is 8.33. The molecule has 184 valence electrons. The molecule has 1 fully saturated rings. The molecule has 1 aromatic heterocycles. The number of hydrogen-bond donors (Lipinski definition) is 2. The molecule has 8 heteroatoms. The van der Waals surface area contributed by atoms with Gasteiger partial charge in [0.1, 0.15) is 6.04 Å². The highest BCUT2D eigenvalue weighted by Gasteiger charge is 2.33. The first kappa shape index (κ1) is 25.9. The summed E-state index contributed by atoms with van der Waals surface area (Å²) in [6, 6.07) is 8.92. The molecule has 0 aliphatic heterocycles. The van der Waals surface area contributed by atoms with Crippen LogP contribution in [-0.4, -0.2) is 40.2 Å². The number of carbonyl (C=O) groups excluding carboxylic acids is 3. The van der Waals surface area contributed by atoms with Crippen LogP contribution < -0.4 is 10.6 Å². The van der Waals surface area contributed by atoms with Crippen molar-refractivity contribution in [3.05, 3.63) is 47.0 Å². The Kier molecular flexibility index (Phi) is 9.62. The summed E-state index contributed by atoms with van der Waals surface area (Å²) in [6.07, 6.45) is 5.04. The van der Waals surface area contributed by atoms with E-state index in [4.69, 9.17) is 0 Å². The molecular formula is C26H36N4O3S. The van der Waals surface area contributed by atoms with Gasteiger partial charge < -0.3 is 15.5 Å². The van der Waals surface area contributed by atoms with Crippen molar-refractivity contribution in [2.75, 3.05) is 11.9 Å². The number of anilines is 1. The normalized spacial score (nSPS) is 14.7. The Bertz CT molecular complexity index is 954. The fourth-order valence-corrected chi connectivity index (χ4v) is 4.92. The quantitative estimate of drug-likeness (QED) is 0.477. The van der Waals surface area contributed by atoms with Gasteiger partial charge >= 0.3 is 0 Å². The van der Waals surface area contributed by atoms with Gasteiger partial charge in [-0.3, -0.25) is 14.4 Å². The Labute approximate surface area is 206 Å². The minimum absolute atomic E-state index is 0.0360. The lowest BCUT2D eigenvalue weighted by Crippen LogP contribution is -2.46. The second-order valence-corrected chi connectivity index (χ2v) is 10.3. The van der Waals surface area contributed by atoms with Gasteiger partial charge in [-0.1, -0.05) is 57.0 Å². The zero-order chi connectivity index (χ0) is 24.5. The summed E-state index contributed by atoms with van der Waals surface area (Å²) in [5.41, 5.74) is 1.63. The number of aromatic nitrogens is 1. The van der Waals surface area contributed by atoms with Crippen LogP contribution in [0.15, 0.2) is 35.7 Å². The molecule has 3 rings (SSSR count). The van der Waals surface area contributed by atoms with E-state index in [1.54, 1.807) is 4.90 Å². The molecule has 34 heavy (non-hydrogen) atoms. The van der Waals surface area contributed by atoms with Crippen LogP contribution in [0.1, 0.15) is 76.1 Å². The van der Waals surface area contributed by atoms with Gasteiger partial charge in [0.05, 0.1) is 5.69 Å². The zero-order valence-corrected chi connectivity index (χ0v) is 21.2. The fraction of sp³-hybridized carbons (Fsp3) is 0.538. The molecule has 3 amide bonds. The Balaban J connectivity index is 1.75. The van der Waals surface area contributed by atoms with Gasteiger partial charge in [0.15, 0.2) is 5.13 Å². The first-order chi connectivity index (χ1) is 16.3. The van der Waals surface area contributed by atoms with Gasteiger partial charge in [0, 0.05) is 30.8 Å². The molecule has 1 atom stereocenters. The lowest BCUT2D eigenvalue weighted by molar-refractivity contribution is -0.142. The molecule has 0 radical (unpaired) electrons. The van der Waals surface area contributed by atoms with E-state index in [0.717, 1.165) is 43.4 Å². The average molecular weight is 485 g/mol. The molecule has 0 unspecified atom stereocenters. The maximum absolute atomic E-state index is 13.5. The first-order valence-electron chi connectivity index (χ1n) is 12.2. The monoisotopic (exact) mass is 484 g/mol. The van der Waals surface area contributed by atoms with Crippen LogP contribution in [0.25, 0.3) is 0 Å². The van der Waals surface area contributed by atoms with Crippen molar-refractivity contribution in [3.8, 4) is 0 Å². The number of nitrogens with zero attached hydrogens (tertiary/aromatic N) is 2. The van der Waals surface area contributed by atoms with E-state index in [0.29, 0.717) is 17.6 Å². The SMILES string of the molecule is Cc1csc(NC(=O)CCC(=O)N(CCC(C)C)[C@@H](C(=O)NC2CCCC2)c2ccccc2)n1. The van der Waals surface area contributed by atoms with Crippen molar-refractivity contribution < 1.29 is 14.4 Å². The molecule has 1 aromatic carbocycles. The summed E-state index contributed by atoms with van der Waals surface area (Å²) < 4.78 is 0. The van der Waals surface area contributed by atoms with Gasteiger partial charge in [-0.05, 0) is 37.7 Å². The highest BCUT2D eigenvalue weighted by Crippen LogP contribution is 2.26. The van der Waals surface area contributed by atoms with Crippen LogP contribution in [0.4, 0.5) is 5.13 Å². The van der Waals surface area contributed by atoms with Crippen molar-refractivity contribution in [1.82, 2.24) is 15.2 Å². The van der Waals surface area contributed by atoms with Gasteiger partial charge in [0.2, 0.25) is 17.7 Å². The third-order valence-electron chi connectivity index (χ3n) is 6.08. The molecule has 2 N–H and O–H groups in total. The van der Waals surface area contributed by atoms with E-state index in [-0.39, 0.29) is 36.6 Å².